The van der Waals surface area contributed by atoms with Crippen molar-refractivity contribution in [2.75, 3.05) is 6.54 Å². The zero-order valence-electron chi connectivity index (χ0n) is 10.5. The van der Waals surface area contributed by atoms with Crippen LogP contribution in [0.15, 0.2) is 4.79 Å². The number of hydrogen-bond donors (Lipinski definition) is 2. The number of carbonyl (C=O) groups excluding carboxylic acids is 1. The van der Waals surface area contributed by atoms with Crippen molar-refractivity contribution in [3.63, 3.8) is 0 Å². The van der Waals surface area contributed by atoms with Crippen LogP contribution in [0, 0.1) is 12.8 Å². The van der Waals surface area contributed by atoms with E-state index >= 15 is 0 Å². The summed E-state index contributed by atoms with van der Waals surface area (Å²) in [5.74, 6) is 0.759. The molecule has 0 aliphatic heterocycles. The minimum atomic E-state index is -0.224. The summed E-state index contributed by atoms with van der Waals surface area (Å²) in [5, 5.41) is 10.5. The molecule has 0 unspecified atom stereocenters. The minimum Gasteiger partial charge on any atom is -0.355 e. The summed E-state index contributed by atoms with van der Waals surface area (Å²) in [6.07, 6.45) is 4.66. The highest BCUT2D eigenvalue weighted by Gasteiger charge is 2.22. The molecule has 0 aromatic carbocycles. The fourth-order valence-corrected chi connectivity index (χ4v) is 2.24. The predicted molar refractivity (Wildman–Crippen MR) is 66.1 cm³/mol. The number of H-pyrrole nitrogens is 1. The lowest BCUT2D eigenvalue weighted by Gasteiger charge is -2.09. The van der Waals surface area contributed by atoms with Gasteiger partial charge in [0.15, 0.2) is 0 Å². The molecule has 98 valence electrons. The third-order valence-electron chi connectivity index (χ3n) is 3.26. The Hall–Kier alpha value is -1.72. The van der Waals surface area contributed by atoms with Gasteiger partial charge in [0.05, 0.1) is 0 Å². The largest absolute Gasteiger partial charge is 0.355 e. The molecule has 0 spiro atoms. The van der Waals surface area contributed by atoms with Gasteiger partial charge in [0.2, 0.25) is 5.91 Å². The Morgan fingerprint density at radius 1 is 1.39 bits per heavy atom. The van der Waals surface area contributed by atoms with E-state index in [2.05, 4.69) is 20.5 Å². The van der Waals surface area contributed by atoms with E-state index < -0.39 is 0 Å². The molecule has 1 amide bonds. The lowest BCUT2D eigenvalue weighted by Crippen LogP contribution is -2.32. The van der Waals surface area contributed by atoms with Crippen LogP contribution in [-0.2, 0) is 11.2 Å². The zero-order chi connectivity index (χ0) is 13.0. The molecular formula is C12H18N4O2. The molecule has 0 atom stereocenters. The first kappa shape index (κ1) is 12.7. The molecule has 1 saturated carbocycles. The number of rotatable bonds is 4. The van der Waals surface area contributed by atoms with E-state index in [0.717, 1.165) is 25.7 Å². The SMILES string of the molecule is Cc1nnc(CCNC(=O)C2CCCC2)c(=O)[nH]1. The predicted octanol–water partition coefficient (Wildman–Crippen LogP) is 0.322. The topological polar surface area (TPSA) is 87.7 Å². The third-order valence-corrected chi connectivity index (χ3v) is 3.26. The number of aromatic nitrogens is 3. The summed E-state index contributed by atoms with van der Waals surface area (Å²) >= 11 is 0. The fraction of sp³-hybridized carbons (Fsp3) is 0.667. The molecule has 18 heavy (non-hydrogen) atoms. The number of carbonyl (C=O) groups is 1. The molecule has 2 N–H and O–H groups in total. The van der Waals surface area contributed by atoms with E-state index in [1.54, 1.807) is 6.92 Å². The Kier molecular flexibility index (Phi) is 4.07. The van der Waals surface area contributed by atoms with Gasteiger partial charge in [0.25, 0.3) is 5.56 Å². The summed E-state index contributed by atoms with van der Waals surface area (Å²) < 4.78 is 0. The summed E-state index contributed by atoms with van der Waals surface area (Å²) in [6, 6.07) is 0. The second kappa shape index (κ2) is 5.75. The second-order valence-corrected chi connectivity index (χ2v) is 4.71. The van der Waals surface area contributed by atoms with Crippen molar-refractivity contribution in [1.29, 1.82) is 0 Å². The summed E-state index contributed by atoms with van der Waals surface area (Å²) in [4.78, 5) is 25.8. The van der Waals surface area contributed by atoms with Crippen LogP contribution < -0.4 is 10.9 Å². The number of nitrogens with zero attached hydrogens (tertiary/aromatic N) is 2. The summed E-state index contributed by atoms with van der Waals surface area (Å²) in [5.41, 5.74) is 0.143. The zero-order valence-corrected chi connectivity index (χ0v) is 10.5. The molecule has 1 aromatic heterocycles. The third kappa shape index (κ3) is 3.15. The van der Waals surface area contributed by atoms with E-state index in [4.69, 9.17) is 0 Å². The standard InChI is InChI=1S/C12H18N4O2/c1-8-14-12(18)10(16-15-8)6-7-13-11(17)9-4-2-3-5-9/h9H,2-7H2,1H3,(H,13,17)(H,14,15,18). The van der Waals surface area contributed by atoms with Gasteiger partial charge in [-0.3, -0.25) is 9.59 Å². The van der Waals surface area contributed by atoms with Crippen molar-refractivity contribution < 1.29 is 4.79 Å². The highest BCUT2D eigenvalue weighted by atomic mass is 16.2. The van der Waals surface area contributed by atoms with Crippen LogP contribution in [0.2, 0.25) is 0 Å². The van der Waals surface area contributed by atoms with Crippen LogP contribution in [0.3, 0.4) is 0 Å². The van der Waals surface area contributed by atoms with Crippen LogP contribution >= 0.6 is 0 Å². The molecule has 1 aliphatic rings. The Bertz CT molecular complexity index is 477. The quantitative estimate of drug-likeness (QED) is 0.805. The maximum absolute atomic E-state index is 11.7. The molecule has 1 aliphatic carbocycles. The van der Waals surface area contributed by atoms with Gasteiger partial charge < -0.3 is 10.3 Å². The van der Waals surface area contributed by atoms with Crippen molar-refractivity contribution in [2.24, 2.45) is 5.92 Å². The normalized spacial score (nSPS) is 15.8. The average Bonchev–Trinajstić information content (AvgIpc) is 2.85. The molecule has 6 nitrogen and oxygen atoms in total. The molecule has 1 fully saturated rings. The number of nitrogens with one attached hydrogen (secondary N) is 2. The van der Waals surface area contributed by atoms with Gasteiger partial charge in [-0.1, -0.05) is 12.8 Å². The first-order chi connectivity index (χ1) is 8.66. The molecule has 0 radical (unpaired) electrons. The maximum atomic E-state index is 11.7. The van der Waals surface area contributed by atoms with Crippen LogP contribution in [0.4, 0.5) is 0 Å². The second-order valence-electron chi connectivity index (χ2n) is 4.71. The van der Waals surface area contributed by atoms with Crippen molar-refractivity contribution >= 4 is 5.91 Å². The first-order valence-electron chi connectivity index (χ1n) is 6.37. The lowest BCUT2D eigenvalue weighted by atomic mass is 10.1. The van der Waals surface area contributed by atoms with Gasteiger partial charge in [-0.2, -0.15) is 0 Å². The van der Waals surface area contributed by atoms with Crippen molar-refractivity contribution in [1.82, 2.24) is 20.5 Å². The molecule has 0 saturated heterocycles. The minimum absolute atomic E-state index is 0.101. The number of aromatic amines is 1. The molecular weight excluding hydrogens is 232 g/mol. The van der Waals surface area contributed by atoms with Gasteiger partial charge in [0, 0.05) is 18.9 Å². The number of amides is 1. The van der Waals surface area contributed by atoms with E-state index in [9.17, 15) is 9.59 Å². The van der Waals surface area contributed by atoms with E-state index in [0.29, 0.717) is 24.5 Å². The Balaban J connectivity index is 1.81. The highest BCUT2D eigenvalue weighted by Crippen LogP contribution is 2.24. The van der Waals surface area contributed by atoms with Crippen molar-refractivity contribution in [3.05, 3.63) is 21.9 Å². The first-order valence-corrected chi connectivity index (χ1v) is 6.37. The van der Waals surface area contributed by atoms with Gasteiger partial charge in [-0.05, 0) is 19.8 Å². The molecule has 6 heteroatoms. The Morgan fingerprint density at radius 2 is 2.11 bits per heavy atom. The fourth-order valence-electron chi connectivity index (χ4n) is 2.24. The van der Waals surface area contributed by atoms with E-state index in [1.807, 2.05) is 0 Å². The van der Waals surface area contributed by atoms with Crippen LogP contribution in [0.25, 0.3) is 0 Å². The monoisotopic (exact) mass is 250 g/mol. The average molecular weight is 250 g/mol. The van der Waals surface area contributed by atoms with E-state index in [1.165, 1.54) is 0 Å². The number of aryl methyl sites for hydroxylation is 1. The van der Waals surface area contributed by atoms with Gasteiger partial charge in [-0.15, -0.1) is 10.2 Å². The van der Waals surface area contributed by atoms with Crippen LogP contribution in [0.1, 0.15) is 37.2 Å². The Morgan fingerprint density at radius 3 is 2.78 bits per heavy atom. The summed E-state index contributed by atoms with van der Waals surface area (Å²) in [7, 11) is 0. The molecule has 1 heterocycles. The Labute approximate surface area is 105 Å². The van der Waals surface area contributed by atoms with Crippen molar-refractivity contribution in [2.45, 2.75) is 39.0 Å². The van der Waals surface area contributed by atoms with Gasteiger partial charge in [0.1, 0.15) is 11.5 Å². The maximum Gasteiger partial charge on any atom is 0.272 e. The molecule has 2 rings (SSSR count). The number of hydrogen-bond acceptors (Lipinski definition) is 4. The lowest BCUT2D eigenvalue weighted by molar-refractivity contribution is -0.124. The van der Waals surface area contributed by atoms with Gasteiger partial charge >= 0.3 is 0 Å². The van der Waals surface area contributed by atoms with Gasteiger partial charge in [-0.25, -0.2) is 0 Å². The highest BCUT2D eigenvalue weighted by molar-refractivity contribution is 5.78. The van der Waals surface area contributed by atoms with Crippen LogP contribution in [0.5, 0.6) is 0 Å². The molecule has 0 bridgehead atoms. The molecule has 1 aromatic rings. The summed E-state index contributed by atoms with van der Waals surface area (Å²) in [6.45, 7) is 2.12. The van der Waals surface area contributed by atoms with Crippen LogP contribution in [-0.4, -0.2) is 27.6 Å². The smallest absolute Gasteiger partial charge is 0.272 e. The van der Waals surface area contributed by atoms with Crippen molar-refractivity contribution in [3.8, 4) is 0 Å². The van der Waals surface area contributed by atoms with E-state index in [-0.39, 0.29) is 17.4 Å².